The molecule has 0 radical (unpaired) electrons. The molecule has 2 aromatic rings. The van der Waals surface area contributed by atoms with E-state index in [1.54, 1.807) is 0 Å². The van der Waals surface area contributed by atoms with E-state index in [2.05, 4.69) is 76.0 Å². The number of hydrogen-bond donors (Lipinski definition) is 0. The highest BCUT2D eigenvalue weighted by molar-refractivity contribution is 9.11. The van der Waals surface area contributed by atoms with Crippen molar-refractivity contribution in [1.29, 1.82) is 0 Å². The molecule has 1 atom stereocenters. The van der Waals surface area contributed by atoms with Crippen LogP contribution in [0.5, 0.6) is 11.5 Å². The standard InChI is InChI=1S/C23H20Br2O2/c1-12-8-18-16(4-3-5-20(18)24)14(12)6-7-15-13(2)9-19-17(15)10-21-23(22(19)25)27-11-26-21/h3-5,8,10,14H,6-7,9,11H2,1-2H3. The first-order valence-corrected chi connectivity index (χ1v) is 10.9. The third-order valence-electron chi connectivity index (χ3n) is 6.06. The van der Waals surface area contributed by atoms with Gasteiger partial charge in [0.25, 0.3) is 0 Å². The lowest BCUT2D eigenvalue weighted by Gasteiger charge is -2.16. The lowest BCUT2D eigenvalue weighted by atomic mass is 9.88. The van der Waals surface area contributed by atoms with Crippen molar-refractivity contribution in [2.75, 3.05) is 6.79 Å². The zero-order valence-electron chi connectivity index (χ0n) is 15.4. The highest BCUT2D eigenvalue weighted by atomic mass is 79.9. The Morgan fingerprint density at radius 2 is 2.00 bits per heavy atom. The van der Waals surface area contributed by atoms with E-state index in [0.29, 0.717) is 12.7 Å². The predicted molar refractivity (Wildman–Crippen MR) is 116 cm³/mol. The summed E-state index contributed by atoms with van der Waals surface area (Å²) >= 11 is 7.45. The second-order valence-corrected chi connectivity index (χ2v) is 9.26. The minimum Gasteiger partial charge on any atom is -0.454 e. The van der Waals surface area contributed by atoms with Gasteiger partial charge in [-0.1, -0.05) is 45.3 Å². The van der Waals surface area contributed by atoms with Gasteiger partial charge in [0.2, 0.25) is 6.79 Å². The van der Waals surface area contributed by atoms with Gasteiger partial charge in [-0.15, -0.1) is 0 Å². The van der Waals surface area contributed by atoms with E-state index in [1.165, 1.54) is 43.4 Å². The lowest BCUT2D eigenvalue weighted by molar-refractivity contribution is 0.173. The topological polar surface area (TPSA) is 18.5 Å². The summed E-state index contributed by atoms with van der Waals surface area (Å²) in [4.78, 5) is 0. The molecule has 0 saturated heterocycles. The van der Waals surface area contributed by atoms with Crippen molar-refractivity contribution in [2.24, 2.45) is 0 Å². The van der Waals surface area contributed by atoms with Gasteiger partial charge in [0, 0.05) is 10.4 Å². The minimum absolute atomic E-state index is 0.312. The molecule has 138 valence electrons. The van der Waals surface area contributed by atoms with Gasteiger partial charge in [-0.05, 0) is 89.0 Å². The van der Waals surface area contributed by atoms with Gasteiger partial charge in [-0.3, -0.25) is 0 Å². The summed E-state index contributed by atoms with van der Waals surface area (Å²) in [6.45, 7) is 4.83. The molecule has 5 rings (SSSR count). The molecule has 1 unspecified atom stereocenters. The molecule has 0 aromatic heterocycles. The largest absolute Gasteiger partial charge is 0.454 e. The summed E-state index contributed by atoms with van der Waals surface area (Å²) in [5.41, 5.74) is 9.86. The van der Waals surface area contributed by atoms with Gasteiger partial charge in [0.15, 0.2) is 11.5 Å². The second-order valence-electron chi connectivity index (χ2n) is 7.61. The Morgan fingerprint density at radius 3 is 2.85 bits per heavy atom. The van der Waals surface area contributed by atoms with Crippen LogP contribution in [0.2, 0.25) is 0 Å². The maximum atomic E-state index is 5.65. The third kappa shape index (κ3) is 2.72. The van der Waals surface area contributed by atoms with Crippen LogP contribution in [0, 0.1) is 0 Å². The van der Waals surface area contributed by atoms with Crippen LogP contribution in [0.1, 0.15) is 54.9 Å². The molecule has 2 aliphatic carbocycles. The lowest BCUT2D eigenvalue weighted by Crippen LogP contribution is -1.99. The molecule has 3 aliphatic rings. The predicted octanol–water partition coefficient (Wildman–Crippen LogP) is 7.25. The summed E-state index contributed by atoms with van der Waals surface area (Å²) in [6, 6.07) is 8.73. The summed E-state index contributed by atoms with van der Waals surface area (Å²) in [7, 11) is 0. The molecule has 1 aliphatic heterocycles. The fraction of sp³-hybridized carbons (Fsp3) is 0.304. The third-order valence-corrected chi connectivity index (χ3v) is 7.59. The van der Waals surface area contributed by atoms with E-state index >= 15 is 0 Å². The fourth-order valence-electron chi connectivity index (χ4n) is 4.69. The quantitative estimate of drug-likeness (QED) is 0.453. The Bertz CT molecular complexity index is 1030. The molecule has 0 fully saturated rings. The zero-order valence-corrected chi connectivity index (χ0v) is 18.5. The number of fused-ring (bicyclic) bond motifs is 3. The van der Waals surface area contributed by atoms with E-state index in [1.807, 2.05) is 0 Å². The van der Waals surface area contributed by atoms with E-state index in [4.69, 9.17) is 9.47 Å². The normalized spacial score (nSPS) is 19.4. The summed E-state index contributed by atoms with van der Waals surface area (Å²) in [6.07, 6.45) is 5.53. The fourth-order valence-corrected chi connectivity index (χ4v) is 5.85. The molecule has 0 bridgehead atoms. The summed E-state index contributed by atoms with van der Waals surface area (Å²) < 4.78 is 13.5. The maximum Gasteiger partial charge on any atom is 0.231 e. The average molecular weight is 488 g/mol. The van der Waals surface area contributed by atoms with E-state index in [9.17, 15) is 0 Å². The van der Waals surface area contributed by atoms with Crippen molar-refractivity contribution >= 4 is 43.5 Å². The number of ether oxygens (including phenoxy) is 2. The second kappa shape index (κ2) is 6.52. The molecule has 2 aromatic carbocycles. The number of allylic oxidation sites excluding steroid dienone is 3. The van der Waals surface area contributed by atoms with Crippen LogP contribution < -0.4 is 9.47 Å². The van der Waals surface area contributed by atoms with Gasteiger partial charge < -0.3 is 9.47 Å². The Hall–Kier alpha value is -1.52. The Morgan fingerprint density at radius 1 is 1.15 bits per heavy atom. The molecule has 27 heavy (non-hydrogen) atoms. The van der Waals surface area contributed by atoms with E-state index in [-0.39, 0.29) is 0 Å². The molecule has 1 heterocycles. The highest BCUT2D eigenvalue weighted by Crippen LogP contribution is 2.50. The molecule has 0 N–H and O–H groups in total. The first kappa shape index (κ1) is 17.6. The van der Waals surface area contributed by atoms with Crippen molar-refractivity contribution in [3.8, 4) is 11.5 Å². The first-order chi connectivity index (χ1) is 13.0. The van der Waals surface area contributed by atoms with Gasteiger partial charge in [-0.25, -0.2) is 0 Å². The highest BCUT2D eigenvalue weighted by Gasteiger charge is 2.30. The van der Waals surface area contributed by atoms with Crippen molar-refractivity contribution < 1.29 is 9.47 Å². The monoisotopic (exact) mass is 486 g/mol. The van der Waals surface area contributed by atoms with Gasteiger partial charge >= 0.3 is 0 Å². The van der Waals surface area contributed by atoms with Crippen LogP contribution in [0.15, 0.2) is 44.4 Å². The van der Waals surface area contributed by atoms with Gasteiger partial charge in [0.1, 0.15) is 0 Å². The Balaban J connectivity index is 1.44. The van der Waals surface area contributed by atoms with Gasteiger partial charge in [-0.2, -0.15) is 0 Å². The smallest absolute Gasteiger partial charge is 0.231 e. The minimum atomic E-state index is 0.312. The molecule has 0 spiro atoms. The zero-order chi connectivity index (χ0) is 18.7. The van der Waals surface area contributed by atoms with E-state index < -0.39 is 0 Å². The average Bonchev–Trinajstić information content (AvgIpc) is 3.31. The van der Waals surface area contributed by atoms with Crippen LogP contribution in [-0.2, 0) is 6.42 Å². The van der Waals surface area contributed by atoms with Gasteiger partial charge in [0.05, 0.1) is 4.47 Å². The Kier molecular flexibility index (Phi) is 4.25. The van der Waals surface area contributed by atoms with Crippen molar-refractivity contribution in [2.45, 2.75) is 39.0 Å². The van der Waals surface area contributed by atoms with Crippen LogP contribution in [-0.4, -0.2) is 6.79 Å². The van der Waals surface area contributed by atoms with Crippen LogP contribution in [0.4, 0.5) is 0 Å². The van der Waals surface area contributed by atoms with Crippen molar-refractivity contribution in [3.63, 3.8) is 0 Å². The molecular formula is C23H20Br2O2. The van der Waals surface area contributed by atoms with Crippen molar-refractivity contribution in [1.82, 2.24) is 0 Å². The summed E-state index contributed by atoms with van der Waals surface area (Å²) in [5.74, 6) is 2.22. The van der Waals surface area contributed by atoms with Crippen LogP contribution in [0.3, 0.4) is 0 Å². The van der Waals surface area contributed by atoms with Crippen LogP contribution >= 0.6 is 31.9 Å². The summed E-state index contributed by atoms with van der Waals surface area (Å²) in [5, 5.41) is 0. The van der Waals surface area contributed by atoms with Crippen LogP contribution in [0.25, 0.3) is 11.6 Å². The number of halogens is 2. The Labute approximate surface area is 176 Å². The molecule has 4 heteroatoms. The number of benzene rings is 2. The molecular weight excluding hydrogens is 468 g/mol. The SMILES string of the molecule is CC1=Cc2c(Br)cccc2C1CCC1=C(C)Cc2c1cc1c(c2Br)OCO1. The van der Waals surface area contributed by atoms with E-state index in [0.717, 1.165) is 35.2 Å². The number of hydrogen-bond acceptors (Lipinski definition) is 2. The molecule has 0 saturated carbocycles. The number of rotatable bonds is 3. The molecule has 0 amide bonds. The van der Waals surface area contributed by atoms with Crippen molar-refractivity contribution in [3.05, 3.63) is 66.6 Å². The molecule has 2 nitrogen and oxygen atoms in total. The maximum absolute atomic E-state index is 5.65. The first-order valence-electron chi connectivity index (χ1n) is 9.31.